The highest BCUT2D eigenvalue weighted by Gasteiger charge is 2.21. The van der Waals surface area contributed by atoms with E-state index in [4.69, 9.17) is 0 Å². The molecular formula is C16H29N3O. The number of rotatable bonds is 10. The molecule has 0 saturated heterocycles. The van der Waals surface area contributed by atoms with Crippen LogP contribution in [0.25, 0.3) is 0 Å². The highest BCUT2D eigenvalue weighted by molar-refractivity contribution is 5.03. The molecule has 0 saturated carbocycles. The van der Waals surface area contributed by atoms with Crippen molar-refractivity contribution < 1.29 is 5.11 Å². The summed E-state index contributed by atoms with van der Waals surface area (Å²) in [7, 11) is 2.15. The van der Waals surface area contributed by atoms with E-state index in [1.165, 1.54) is 0 Å². The molecular weight excluding hydrogens is 250 g/mol. The van der Waals surface area contributed by atoms with Gasteiger partial charge in [0.2, 0.25) is 0 Å². The Morgan fingerprint density at radius 2 is 2.15 bits per heavy atom. The van der Waals surface area contributed by atoms with E-state index in [1.54, 1.807) is 0 Å². The van der Waals surface area contributed by atoms with Crippen molar-refractivity contribution in [3.63, 3.8) is 0 Å². The quantitative estimate of drug-likeness (QED) is 0.684. The number of nitrogens with one attached hydrogen (secondary N) is 1. The third-order valence-electron chi connectivity index (χ3n) is 3.70. The Morgan fingerprint density at radius 3 is 2.75 bits per heavy atom. The van der Waals surface area contributed by atoms with Crippen LogP contribution >= 0.6 is 0 Å². The van der Waals surface area contributed by atoms with Crippen LogP contribution in [0.15, 0.2) is 24.4 Å². The van der Waals surface area contributed by atoms with Crippen molar-refractivity contribution in [2.24, 2.45) is 0 Å². The van der Waals surface area contributed by atoms with Gasteiger partial charge in [-0.3, -0.25) is 4.98 Å². The molecule has 2 N–H and O–H groups in total. The van der Waals surface area contributed by atoms with Crippen LogP contribution in [0.4, 0.5) is 0 Å². The van der Waals surface area contributed by atoms with E-state index in [0.29, 0.717) is 0 Å². The van der Waals surface area contributed by atoms with Crippen molar-refractivity contribution in [3.05, 3.63) is 30.1 Å². The monoisotopic (exact) mass is 279 g/mol. The number of aromatic nitrogens is 1. The van der Waals surface area contributed by atoms with Gasteiger partial charge in [-0.1, -0.05) is 13.0 Å². The first-order valence-electron chi connectivity index (χ1n) is 7.54. The van der Waals surface area contributed by atoms with Crippen LogP contribution in [0.1, 0.15) is 32.4 Å². The molecule has 0 aromatic carbocycles. The van der Waals surface area contributed by atoms with Gasteiger partial charge in [-0.15, -0.1) is 0 Å². The lowest BCUT2D eigenvalue weighted by Gasteiger charge is -2.29. The summed E-state index contributed by atoms with van der Waals surface area (Å²) in [6.07, 6.45) is 4.91. The molecule has 1 aromatic heterocycles. The number of hydrogen-bond acceptors (Lipinski definition) is 4. The topological polar surface area (TPSA) is 48.4 Å². The molecule has 1 aromatic rings. The summed E-state index contributed by atoms with van der Waals surface area (Å²) >= 11 is 0. The van der Waals surface area contributed by atoms with Crippen molar-refractivity contribution in [1.82, 2.24) is 15.2 Å². The SMILES string of the molecule is CCNC(C)(CO)CCCN(C)CCc1ccccn1. The number of aliphatic hydroxyl groups is 1. The summed E-state index contributed by atoms with van der Waals surface area (Å²) in [5, 5.41) is 12.8. The Morgan fingerprint density at radius 1 is 1.35 bits per heavy atom. The Hall–Kier alpha value is -0.970. The van der Waals surface area contributed by atoms with Crippen LogP contribution < -0.4 is 5.32 Å². The standard InChI is InChI=1S/C16H29N3O/c1-4-18-16(2,14-20)10-7-12-19(3)13-9-15-8-5-6-11-17-15/h5-6,8,11,18,20H,4,7,9-10,12-14H2,1-3H3. The van der Waals surface area contributed by atoms with Gasteiger partial charge in [-0.25, -0.2) is 0 Å². The lowest BCUT2D eigenvalue weighted by molar-refractivity contribution is 0.160. The van der Waals surface area contributed by atoms with E-state index in [9.17, 15) is 5.11 Å². The fourth-order valence-corrected chi connectivity index (χ4v) is 2.35. The normalized spacial score (nSPS) is 14.4. The smallest absolute Gasteiger partial charge is 0.0610 e. The molecule has 0 fully saturated rings. The lowest BCUT2D eigenvalue weighted by Crippen LogP contribution is -2.46. The molecule has 0 spiro atoms. The van der Waals surface area contributed by atoms with Gasteiger partial charge in [0.1, 0.15) is 0 Å². The lowest BCUT2D eigenvalue weighted by atomic mass is 9.96. The second-order valence-electron chi connectivity index (χ2n) is 5.73. The van der Waals surface area contributed by atoms with E-state index in [-0.39, 0.29) is 12.1 Å². The highest BCUT2D eigenvalue weighted by atomic mass is 16.3. The second kappa shape index (κ2) is 9.06. The van der Waals surface area contributed by atoms with Crippen LogP contribution in [0.5, 0.6) is 0 Å². The Labute approximate surface area is 123 Å². The molecule has 0 aliphatic heterocycles. The third kappa shape index (κ3) is 6.46. The molecule has 0 bridgehead atoms. The van der Waals surface area contributed by atoms with E-state index < -0.39 is 0 Å². The van der Waals surface area contributed by atoms with E-state index in [0.717, 1.165) is 44.6 Å². The van der Waals surface area contributed by atoms with Crippen molar-refractivity contribution >= 4 is 0 Å². The molecule has 0 amide bonds. The first-order valence-corrected chi connectivity index (χ1v) is 7.54. The van der Waals surface area contributed by atoms with Crippen LogP contribution in [-0.2, 0) is 6.42 Å². The summed E-state index contributed by atoms with van der Waals surface area (Å²) in [4.78, 5) is 6.67. The number of nitrogens with zero attached hydrogens (tertiary/aromatic N) is 2. The summed E-state index contributed by atoms with van der Waals surface area (Å²) in [6, 6.07) is 6.05. The minimum absolute atomic E-state index is 0.142. The molecule has 0 aliphatic carbocycles. The maximum absolute atomic E-state index is 9.45. The number of pyridine rings is 1. The van der Waals surface area contributed by atoms with Gasteiger partial charge in [0, 0.05) is 30.4 Å². The van der Waals surface area contributed by atoms with Gasteiger partial charge in [0.15, 0.2) is 0 Å². The maximum atomic E-state index is 9.45. The average molecular weight is 279 g/mol. The van der Waals surface area contributed by atoms with Gasteiger partial charge >= 0.3 is 0 Å². The van der Waals surface area contributed by atoms with Crippen molar-refractivity contribution in [2.75, 3.05) is 33.3 Å². The van der Waals surface area contributed by atoms with Gasteiger partial charge in [-0.05, 0) is 52.0 Å². The predicted octanol–water partition coefficient (Wildman–Crippen LogP) is 1.70. The fourth-order valence-electron chi connectivity index (χ4n) is 2.35. The largest absolute Gasteiger partial charge is 0.394 e. The molecule has 1 unspecified atom stereocenters. The fraction of sp³-hybridized carbons (Fsp3) is 0.688. The van der Waals surface area contributed by atoms with Gasteiger partial charge in [0.05, 0.1) is 6.61 Å². The Kier molecular flexibility index (Phi) is 7.73. The Balaban J connectivity index is 2.21. The van der Waals surface area contributed by atoms with Gasteiger partial charge < -0.3 is 15.3 Å². The average Bonchev–Trinajstić information content (AvgIpc) is 2.46. The van der Waals surface area contributed by atoms with Crippen LogP contribution in [0.2, 0.25) is 0 Å². The number of aliphatic hydroxyl groups excluding tert-OH is 1. The van der Waals surface area contributed by atoms with Crippen molar-refractivity contribution in [3.8, 4) is 0 Å². The van der Waals surface area contributed by atoms with E-state index in [1.807, 2.05) is 18.3 Å². The zero-order valence-electron chi connectivity index (χ0n) is 13.1. The summed E-state index contributed by atoms with van der Waals surface area (Å²) in [5.41, 5.74) is 1.00. The zero-order chi connectivity index (χ0) is 14.8. The van der Waals surface area contributed by atoms with Crippen molar-refractivity contribution in [1.29, 1.82) is 0 Å². The van der Waals surface area contributed by atoms with Crippen molar-refractivity contribution in [2.45, 2.75) is 38.6 Å². The van der Waals surface area contributed by atoms with Gasteiger partial charge in [-0.2, -0.15) is 0 Å². The first kappa shape index (κ1) is 17.1. The third-order valence-corrected chi connectivity index (χ3v) is 3.70. The van der Waals surface area contributed by atoms with Crippen LogP contribution in [-0.4, -0.2) is 53.8 Å². The van der Waals surface area contributed by atoms with Gasteiger partial charge in [0.25, 0.3) is 0 Å². The summed E-state index contributed by atoms with van der Waals surface area (Å²) in [5.74, 6) is 0. The zero-order valence-corrected chi connectivity index (χ0v) is 13.1. The minimum atomic E-state index is -0.142. The molecule has 0 radical (unpaired) electrons. The van der Waals surface area contributed by atoms with E-state index >= 15 is 0 Å². The molecule has 20 heavy (non-hydrogen) atoms. The molecule has 1 atom stereocenters. The second-order valence-corrected chi connectivity index (χ2v) is 5.73. The molecule has 0 aliphatic rings. The van der Waals surface area contributed by atoms with E-state index in [2.05, 4.69) is 42.2 Å². The van der Waals surface area contributed by atoms with Crippen LogP contribution in [0.3, 0.4) is 0 Å². The molecule has 114 valence electrons. The molecule has 1 heterocycles. The first-order chi connectivity index (χ1) is 9.59. The summed E-state index contributed by atoms with van der Waals surface area (Å²) in [6.45, 7) is 7.32. The highest BCUT2D eigenvalue weighted by Crippen LogP contribution is 2.11. The predicted molar refractivity (Wildman–Crippen MR) is 83.8 cm³/mol. The maximum Gasteiger partial charge on any atom is 0.0610 e. The molecule has 4 heteroatoms. The summed E-state index contributed by atoms with van der Waals surface area (Å²) < 4.78 is 0. The number of likely N-dealkylation sites (N-methyl/N-ethyl adjacent to an activating group) is 2. The number of hydrogen-bond donors (Lipinski definition) is 2. The van der Waals surface area contributed by atoms with Crippen LogP contribution in [0, 0.1) is 0 Å². The Bertz CT molecular complexity index is 358. The molecule has 1 rings (SSSR count). The minimum Gasteiger partial charge on any atom is -0.394 e. The molecule has 4 nitrogen and oxygen atoms in total.